The number of benzene rings is 2. The van der Waals surface area contributed by atoms with Gasteiger partial charge in [0.05, 0.1) is 35.2 Å². The van der Waals surface area contributed by atoms with Gasteiger partial charge in [0.15, 0.2) is 5.92 Å². The SMILES string of the molecule is CCOC(=O)C(C(=O)OCC)c1cc(-c2nnc(N(CC(Cc3ccc(C(F)(F)F)cc3)C(=O)OC(C)(C)C)C(=O)OC(C)(C)C)s2)ccc1[N+](=O)[O-]. The quantitative estimate of drug-likeness (QED) is 0.0559. The summed E-state index contributed by atoms with van der Waals surface area (Å²) in [6, 6.07) is 7.82. The Morgan fingerprint density at radius 1 is 0.849 bits per heavy atom. The predicted octanol–water partition coefficient (Wildman–Crippen LogP) is 7.28. The maximum absolute atomic E-state index is 13.7. The van der Waals surface area contributed by atoms with Crippen LogP contribution in [0.2, 0.25) is 0 Å². The van der Waals surface area contributed by atoms with E-state index >= 15 is 0 Å². The molecule has 0 radical (unpaired) electrons. The van der Waals surface area contributed by atoms with Gasteiger partial charge in [-0.05, 0) is 91.6 Å². The van der Waals surface area contributed by atoms with Crippen molar-refractivity contribution in [2.75, 3.05) is 24.7 Å². The predicted molar refractivity (Wildman–Crippen MR) is 186 cm³/mol. The number of halogens is 3. The minimum absolute atomic E-state index is 0.0810. The lowest BCUT2D eigenvalue weighted by Gasteiger charge is -2.29. The molecule has 18 heteroatoms. The summed E-state index contributed by atoms with van der Waals surface area (Å²) in [7, 11) is 0. The summed E-state index contributed by atoms with van der Waals surface area (Å²) < 4.78 is 61.0. The van der Waals surface area contributed by atoms with Crippen molar-refractivity contribution < 1.29 is 56.2 Å². The van der Waals surface area contributed by atoms with Crippen LogP contribution in [0, 0.1) is 16.0 Å². The molecule has 3 rings (SSSR count). The highest BCUT2D eigenvalue weighted by atomic mass is 32.1. The Labute approximate surface area is 307 Å². The van der Waals surface area contributed by atoms with Crippen LogP contribution in [0.15, 0.2) is 42.5 Å². The molecule has 0 fully saturated rings. The van der Waals surface area contributed by atoms with Crippen molar-refractivity contribution in [2.24, 2.45) is 5.92 Å². The fourth-order valence-corrected chi connectivity index (χ4v) is 5.66. The number of amides is 1. The maximum atomic E-state index is 13.7. The molecule has 14 nitrogen and oxygen atoms in total. The number of esters is 3. The number of ether oxygens (including phenoxy) is 4. The van der Waals surface area contributed by atoms with Gasteiger partial charge < -0.3 is 18.9 Å². The molecule has 1 heterocycles. The molecule has 53 heavy (non-hydrogen) atoms. The van der Waals surface area contributed by atoms with Gasteiger partial charge in [-0.2, -0.15) is 13.2 Å². The van der Waals surface area contributed by atoms with Crippen LogP contribution in [0.1, 0.15) is 78.0 Å². The van der Waals surface area contributed by atoms with Crippen molar-refractivity contribution in [1.29, 1.82) is 0 Å². The highest BCUT2D eigenvalue weighted by Gasteiger charge is 2.38. The Morgan fingerprint density at radius 2 is 1.42 bits per heavy atom. The van der Waals surface area contributed by atoms with Crippen molar-refractivity contribution >= 4 is 46.2 Å². The third-order valence-electron chi connectivity index (χ3n) is 6.99. The molecule has 0 aliphatic rings. The van der Waals surface area contributed by atoms with Crippen molar-refractivity contribution in [3.05, 3.63) is 69.3 Å². The van der Waals surface area contributed by atoms with Gasteiger partial charge in [-0.1, -0.05) is 23.5 Å². The second-order valence-electron chi connectivity index (χ2n) is 13.6. The van der Waals surface area contributed by atoms with E-state index in [9.17, 15) is 42.5 Å². The van der Waals surface area contributed by atoms with Crippen LogP contribution in [0.5, 0.6) is 0 Å². The molecular formula is C35H41F3N4O10S. The van der Waals surface area contributed by atoms with Crippen LogP contribution in [-0.4, -0.2) is 70.1 Å². The molecule has 0 N–H and O–H groups in total. The Morgan fingerprint density at radius 3 is 1.91 bits per heavy atom. The molecule has 1 amide bonds. The molecule has 0 aliphatic heterocycles. The molecule has 288 valence electrons. The highest BCUT2D eigenvalue weighted by molar-refractivity contribution is 7.18. The van der Waals surface area contributed by atoms with E-state index in [1.165, 1.54) is 38.1 Å². The van der Waals surface area contributed by atoms with E-state index < -0.39 is 75.9 Å². The number of nitro benzene ring substituents is 1. The zero-order valence-electron chi connectivity index (χ0n) is 30.4. The van der Waals surface area contributed by atoms with Gasteiger partial charge in [0, 0.05) is 18.2 Å². The zero-order chi connectivity index (χ0) is 39.9. The van der Waals surface area contributed by atoms with Crippen molar-refractivity contribution in [1.82, 2.24) is 10.2 Å². The number of nitro groups is 1. The van der Waals surface area contributed by atoms with E-state index in [1.807, 2.05) is 0 Å². The molecule has 0 saturated heterocycles. The van der Waals surface area contributed by atoms with Gasteiger partial charge in [-0.15, -0.1) is 10.2 Å². The third-order valence-corrected chi connectivity index (χ3v) is 7.99. The number of rotatable bonds is 13. The average Bonchev–Trinajstić information content (AvgIpc) is 3.51. The molecule has 0 saturated carbocycles. The summed E-state index contributed by atoms with van der Waals surface area (Å²) in [5, 5.41) is 20.3. The molecular weight excluding hydrogens is 725 g/mol. The number of carbonyl (C=O) groups excluding carboxylic acids is 4. The first-order chi connectivity index (χ1) is 24.5. The van der Waals surface area contributed by atoms with Gasteiger partial charge in [0.25, 0.3) is 5.69 Å². The van der Waals surface area contributed by atoms with Crippen LogP contribution in [0.3, 0.4) is 0 Å². The standard InChI is InChI=1S/C35H41F3N4O10S/c1-9-49-29(44)26(30(45)50-10-2)24-18-21(13-16-25(24)42(47)48)27-39-40-31(53-27)41(32(46)52-34(6,7)8)19-22(28(43)51-33(3,4)5)17-20-11-14-23(15-12-20)35(36,37)38/h11-16,18,22,26H,9-10,17,19H2,1-8H3. The normalized spacial score (nSPS) is 12.5. The van der Waals surface area contributed by atoms with Crippen LogP contribution in [0.4, 0.5) is 28.8 Å². The summed E-state index contributed by atoms with van der Waals surface area (Å²) in [5.41, 5.74) is -3.22. The lowest BCUT2D eigenvalue weighted by atomic mass is 9.95. The first-order valence-corrected chi connectivity index (χ1v) is 17.2. The minimum Gasteiger partial charge on any atom is -0.465 e. The molecule has 1 unspecified atom stereocenters. The van der Waals surface area contributed by atoms with Crippen LogP contribution in [-0.2, 0) is 45.9 Å². The van der Waals surface area contributed by atoms with E-state index in [-0.39, 0.29) is 40.9 Å². The topological polar surface area (TPSA) is 177 Å². The molecule has 1 aromatic heterocycles. The number of carbonyl (C=O) groups is 4. The monoisotopic (exact) mass is 766 g/mol. The van der Waals surface area contributed by atoms with Crippen LogP contribution < -0.4 is 4.90 Å². The Hall–Kier alpha value is -5.13. The van der Waals surface area contributed by atoms with Crippen molar-refractivity contribution in [3.63, 3.8) is 0 Å². The Balaban J connectivity index is 2.13. The summed E-state index contributed by atoms with van der Waals surface area (Å²) >= 11 is 0.822. The maximum Gasteiger partial charge on any atom is 0.416 e. The summed E-state index contributed by atoms with van der Waals surface area (Å²) in [5.74, 6) is -5.82. The summed E-state index contributed by atoms with van der Waals surface area (Å²) in [6.45, 7) is 12.1. The van der Waals surface area contributed by atoms with E-state index in [0.717, 1.165) is 34.4 Å². The Kier molecular flexibility index (Phi) is 13.7. The Bertz CT molecular complexity index is 1780. The number of anilines is 1. The lowest BCUT2D eigenvalue weighted by Crippen LogP contribution is -2.43. The van der Waals surface area contributed by atoms with Gasteiger partial charge in [0.2, 0.25) is 5.13 Å². The van der Waals surface area contributed by atoms with Crippen LogP contribution in [0.25, 0.3) is 10.6 Å². The fourth-order valence-electron chi connectivity index (χ4n) is 4.82. The van der Waals surface area contributed by atoms with E-state index in [1.54, 1.807) is 41.5 Å². The number of nitrogens with zero attached hydrogens (tertiary/aromatic N) is 4. The number of hydrogen-bond acceptors (Lipinski definition) is 13. The van der Waals surface area contributed by atoms with Gasteiger partial charge in [0.1, 0.15) is 16.2 Å². The van der Waals surface area contributed by atoms with Gasteiger partial charge >= 0.3 is 30.2 Å². The third kappa shape index (κ3) is 11.9. The molecule has 0 spiro atoms. The highest BCUT2D eigenvalue weighted by Crippen LogP contribution is 2.37. The zero-order valence-corrected chi connectivity index (χ0v) is 31.3. The van der Waals surface area contributed by atoms with Crippen LogP contribution >= 0.6 is 11.3 Å². The molecule has 0 aliphatic carbocycles. The second-order valence-corrected chi connectivity index (χ2v) is 14.5. The van der Waals surface area contributed by atoms with Crippen molar-refractivity contribution in [2.45, 2.75) is 85.1 Å². The molecule has 1 atom stereocenters. The molecule has 3 aromatic rings. The first kappa shape index (κ1) is 42.3. The summed E-state index contributed by atoms with van der Waals surface area (Å²) in [4.78, 5) is 65.2. The van der Waals surface area contributed by atoms with Gasteiger partial charge in [-0.25, -0.2) is 4.79 Å². The first-order valence-electron chi connectivity index (χ1n) is 16.4. The number of alkyl halides is 3. The van der Waals surface area contributed by atoms with E-state index in [2.05, 4.69) is 10.2 Å². The largest absolute Gasteiger partial charge is 0.465 e. The minimum atomic E-state index is -4.57. The smallest absolute Gasteiger partial charge is 0.416 e. The fraction of sp³-hybridized carbons (Fsp3) is 0.486. The lowest BCUT2D eigenvalue weighted by molar-refractivity contribution is -0.385. The number of hydrogen-bond donors (Lipinski definition) is 0. The van der Waals surface area contributed by atoms with Gasteiger partial charge in [-0.3, -0.25) is 29.4 Å². The molecule has 2 aromatic carbocycles. The number of aromatic nitrogens is 2. The van der Waals surface area contributed by atoms with Crippen molar-refractivity contribution in [3.8, 4) is 10.6 Å². The van der Waals surface area contributed by atoms with E-state index in [4.69, 9.17) is 18.9 Å². The van der Waals surface area contributed by atoms with E-state index in [0.29, 0.717) is 5.56 Å². The summed E-state index contributed by atoms with van der Waals surface area (Å²) in [6.07, 6.45) is -5.64. The molecule has 0 bridgehead atoms. The average molecular weight is 767 g/mol. The second kappa shape index (κ2) is 17.1.